The molecule has 5 aromatic rings. The highest BCUT2D eigenvalue weighted by Crippen LogP contribution is 2.32. The van der Waals surface area contributed by atoms with Crippen molar-refractivity contribution in [3.8, 4) is 22.6 Å². The monoisotopic (exact) mass is 479 g/mol. The van der Waals surface area contributed by atoms with Gasteiger partial charge < -0.3 is 9.88 Å². The van der Waals surface area contributed by atoms with Crippen molar-refractivity contribution in [3.05, 3.63) is 48.7 Å². The number of aromatic nitrogens is 7. The number of aromatic amines is 2. The Kier molecular flexibility index (Phi) is 5.35. The minimum absolute atomic E-state index is 0.724. The lowest BCUT2D eigenvalue weighted by atomic mass is 10.1. The fourth-order valence-corrected chi connectivity index (χ4v) is 5.57. The molecule has 2 saturated heterocycles. The van der Waals surface area contributed by atoms with Crippen LogP contribution >= 0.6 is 0 Å². The third-order valence-electron chi connectivity index (χ3n) is 7.45. The number of pyridine rings is 3. The highest BCUT2D eigenvalue weighted by molar-refractivity contribution is 5.95. The number of H-pyrrole nitrogens is 2. The molecule has 0 amide bonds. The fourth-order valence-electron chi connectivity index (χ4n) is 5.57. The van der Waals surface area contributed by atoms with E-state index in [1.165, 1.54) is 50.8 Å². The number of hydrogen-bond acceptors (Lipinski definition) is 7. The number of piperidine rings is 1. The molecule has 2 aliphatic rings. The summed E-state index contributed by atoms with van der Waals surface area (Å²) in [5.41, 5.74) is 7.78. The molecular formula is C27H29N9. The number of fused-ring (bicyclic) bond motifs is 2. The first-order chi connectivity index (χ1) is 17.8. The second-order valence-electron chi connectivity index (χ2n) is 9.95. The second kappa shape index (κ2) is 8.98. The normalized spacial score (nSPS) is 16.9. The van der Waals surface area contributed by atoms with Gasteiger partial charge in [-0.1, -0.05) is 0 Å². The van der Waals surface area contributed by atoms with E-state index in [0.29, 0.717) is 0 Å². The van der Waals surface area contributed by atoms with Gasteiger partial charge in [-0.05, 0) is 62.9 Å². The number of rotatable bonds is 5. The molecule has 9 nitrogen and oxygen atoms in total. The maximum Gasteiger partial charge on any atom is 0.159 e. The number of imidazole rings is 1. The van der Waals surface area contributed by atoms with E-state index in [9.17, 15) is 0 Å². The number of nitrogens with zero attached hydrogens (tertiary/aromatic N) is 7. The van der Waals surface area contributed by atoms with E-state index < -0.39 is 0 Å². The Morgan fingerprint density at radius 3 is 2.50 bits per heavy atom. The van der Waals surface area contributed by atoms with Gasteiger partial charge in [-0.25, -0.2) is 9.97 Å². The van der Waals surface area contributed by atoms with Crippen LogP contribution in [0.4, 0.5) is 5.69 Å². The van der Waals surface area contributed by atoms with Crippen LogP contribution in [-0.2, 0) is 6.54 Å². The van der Waals surface area contributed by atoms with Crippen molar-refractivity contribution >= 4 is 27.8 Å². The molecule has 2 fully saturated rings. The number of hydrogen-bond donors (Lipinski definition) is 2. The summed E-state index contributed by atoms with van der Waals surface area (Å²) in [7, 11) is 0. The first-order valence-electron chi connectivity index (χ1n) is 12.9. The summed E-state index contributed by atoms with van der Waals surface area (Å²) >= 11 is 0. The van der Waals surface area contributed by atoms with Crippen molar-refractivity contribution in [1.29, 1.82) is 0 Å². The summed E-state index contributed by atoms with van der Waals surface area (Å²) in [6.45, 7) is 5.38. The Morgan fingerprint density at radius 2 is 1.61 bits per heavy atom. The molecule has 0 atom stereocenters. The topological polar surface area (TPSA) is 103 Å². The zero-order valence-electron chi connectivity index (χ0n) is 20.2. The molecule has 0 radical (unpaired) electrons. The van der Waals surface area contributed by atoms with Crippen LogP contribution in [0.15, 0.2) is 43.1 Å². The predicted octanol–water partition coefficient (Wildman–Crippen LogP) is 4.54. The Morgan fingerprint density at radius 1 is 0.806 bits per heavy atom. The van der Waals surface area contributed by atoms with Gasteiger partial charge in [0.15, 0.2) is 11.5 Å². The van der Waals surface area contributed by atoms with Crippen molar-refractivity contribution < 1.29 is 0 Å². The van der Waals surface area contributed by atoms with Gasteiger partial charge in [0.25, 0.3) is 0 Å². The molecule has 36 heavy (non-hydrogen) atoms. The lowest BCUT2D eigenvalue weighted by Crippen LogP contribution is -2.29. The molecule has 0 aliphatic carbocycles. The molecule has 182 valence electrons. The fraction of sp³-hybridized carbons (Fsp3) is 0.370. The van der Waals surface area contributed by atoms with Gasteiger partial charge in [0.2, 0.25) is 0 Å². The highest BCUT2D eigenvalue weighted by atomic mass is 15.2. The SMILES string of the molecule is c1ncc(-c2cnc3[nH]nc(-c4nc5c(N6CCCCC6)cncc5[nH]4)c3c2)cc1CN1CCCC1. The average Bonchev–Trinajstić information content (AvgIpc) is 3.68. The van der Waals surface area contributed by atoms with Crippen LogP contribution < -0.4 is 4.90 Å². The van der Waals surface area contributed by atoms with Crippen LogP contribution in [0, 0.1) is 0 Å². The average molecular weight is 480 g/mol. The Labute approximate surface area is 209 Å². The van der Waals surface area contributed by atoms with E-state index in [-0.39, 0.29) is 0 Å². The molecular weight excluding hydrogens is 450 g/mol. The van der Waals surface area contributed by atoms with Crippen LogP contribution in [-0.4, -0.2) is 66.2 Å². The summed E-state index contributed by atoms with van der Waals surface area (Å²) in [4.78, 5) is 27.0. The predicted molar refractivity (Wildman–Crippen MR) is 141 cm³/mol. The van der Waals surface area contributed by atoms with E-state index in [2.05, 4.69) is 52.1 Å². The van der Waals surface area contributed by atoms with Crippen molar-refractivity contribution in [1.82, 2.24) is 40.0 Å². The summed E-state index contributed by atoms with van der Waals surface area (Å²) in [6.07, 6.45) is 15.8. The maximum absolute atomic E-state index is 4.99. The molecule has 7 heterocycles. The number of nitrogens with one attached hydrogen (secondary N) is 2. The second-order valence-corrected chi connectivity index (χ2v) is 9.95. The lowest BCUT2D eigenvalue weighted by molar-refractivity contribution is 0.331. The van der Waals surface area contributed by atoms with Crippen LogP contribution in [0.3, 0.4) is 0 Å². The molecule has 0 aromatic carbocycles. The van der Waals surface area contributed by atoms with Crippen LogP contribution in [0.1, 0.15) is 37.7 Å². The zero-order valence-corrected chi connectivity index (χ0v) is 20.2. The van der Waals surface area contributed by atoms with Gasteiger partial charge in [0.05, 0.1) is 29.0 Å². The van der Waals surface area contributed by atoms with E-state index in [1.54, 1.807) is 0 Å². The van der Waals surface area contributed by atoms with Crippen molar-refractivity contribution in [2.75, 3.05) is 31.1 Å². The third kappa shape index (κ3) is 3.89. The van der Waals surface area contributed by atoms with Gasteiger partial charge in [-0.2, -0.15) is 5.10 Å². The molecule has 0 unspecified atom stereocenters. The smallest absolute Gasteiger partial charge is 0.159 e. The lowest BCUT2D eigenvalue weighted by Gasteiger charge is -2.28. The number of likely N-dealkylation sites (tertiary alicyclic amines) is 1. The number of anilines is 1. The van der Waals surface area contributed by atoms with Gasteiger partial charge in [0, 0.05) is 49.4 Å². The third-order valence-corrected chi connectivity index (χ3v) is 7.45. The van der Waals surface area contributed by atoms with E-state index in [1.807, 2.05) is 31.0 Å². The summed E-state index contributed by atoms with van der Waals surface area (Å²) in [5, 5.41) is 8.60. The largest absolute Gasteiger partial charge is 0.368 e. The minimum atomic E-state index is 0.724. The first kappa shape index (κ1) is 21.4. The molecule has 0 bridgehead atoms. The Bertz CT molecular complexity index is 1520. The molecule has 2 aliphatic heterocycles. The van der Waals surface area contributed by atoms with E-state index in [0.717, 1.165) is 70.0 Å². The van der Waals surface area contributed by atoms with Crippen molar-refractivity contribution in [2.45, 2.75) is 38.6 Å². The van der Waals surface area contributed by atoms with Gasteiger partial charge in [-0.3, -0.25) is 20.0 Å². The summed E-state index contributed by atoms with van der Waals surface area (Å²) in [6, 6.07) is 4.36. The molecule has 7 rings (SSSR count). The van der Waals surface area contributed by atoms with Crippen molar-refractivity contribution in [3.63, 3.8) is 0 Å². The molecule has 0 saturated carbocycles. The molecule has 2 N–H and O–H groups in total. The minimum Gasteiger partial charge on any atom is -0.368 e. The Balaban J connectivity index is 1.25. The van der Waals surface area contributed by atoms with Crippen molar-refractivity contribution in [2.24, 2.45) is 0 Å². The standard InChI is InChI=1S/C27H29N9/c1-2-8-36(9-3-1)23-16-29-15-22-25(23)32-27(31-22)24-21-11-20(14-30-26(21)34-33-24)19-10-18(12-28-13-19)17-35-6-4-5-7-35/h10-16H,1-9,17H2,(H,31,32)(H,30,33,34). The van der Waals surface area contributed by atoms with Crippen LogP contribution in [0.25, 0.3) is 44.7 Å². The molecule has 5 aromatic heterocycles. The van der Waals surface area contributed by atoms with Gasteiger partial charge in [-0.15, -0.1) is 0 Å². The maximum atomic E-state index is 4.99. The first-order valence-corrected chi connectivity index (χ1v) is 12.9. The summed E-state index contributed by atoms with van der Waals surface area (Å²) in [5.74, 6) is 0.724. The van der Waals surface area contributed by atoms with Gasteiger partial charge >= 0.3 is 0 Å². The Hall–Kier alpha value is -3.85. The van der Waals surface area contributed by atoms with Crippen LogP contribution in [0.5, 0.6) is 0 Å². The van der Waals surface area contributed by atoms with Gasteiger partial charge in [0.1, 0.15) is 11.2 Å². The van der Waals surface area contributed by atoms with E-state index in [4.69, 9.17) is 4.98 Å². The van der Waals surface area contributed by atoms with E-state index >= 15 is 0 Å². The zero-order chi connectivity index (χ0) is 23.9. The molecule has 0 spiro atoms. The summed E-state index contributed by atoms with van der Waals surface area (Å²) < 4.78 is 0. The quantitative estimate of drug-likeness (QED) is 0.381. The van der Waals surface area contributed by atoms with Crippen LogP contribution in [0.2, 0.25) is 0 Å². The highest BCUT2D eigenvalue weighted by Gasteiger charge is 2.20. The molecule has 9 heteroatoms.